The van der Waals surface area contributed by atoms with Gasteiger partial charge >= 0.3 is 0 Å². The highest BCUT2D eigenvalue weighted by molar-refractivity contribution is 7.89. The molecule has 7 heteroatoms. The van der Waals surface area contributed by atoms with E-state index in [1.54, 1.807) is 0 Å². The van der Waals surface area contributed by atoms with E-state index in [1.165, 1.54) is 42.6 Å². The van der Waals surface area contributed by atoms with Gasteiger partial charge in [-0.15, -0.1) is 0 Å². The summed E-state index contributed by atoms with van der Waals surface area (Å²) in [5, 5.41) is 0. The second-order valence-corrected chi connectivity index (χ2v) is 9.50. The van der Waals surface area contributed by atoms with Crippen molar-refractivity contribution in [3.63, 3.8) is 0 Å². The number of benzene rings is 1. The molecule has 27 heavy (non-hydrogen) atoms. The fraction of sp³-hybridized carbons (Fsp3) is 0.450. The predicted molar refractivity (Wildman–Crippen MR) is 106 cm³/mol. The van der Waals surface area contributed by atoms with Crippen LogP contribution in [0.2, 0.25) is 0 Å². The van der Waals surface area contributed by atoms with Crippen molar-refractivity contribution in [2.24, 2.45) is 5.92 Å². The van der Waals surface area contributed by atoms with Crippen LogP contribution in [-0.2, 0) is 23.1 Å². The number of rotatable bonds is 6. The number of hydrogen-bond donors (Lipinski definition) is 0. The Labute approximate surface area is 161 Å². The fourth-order valence-corrected chi connectivity index (χ4v) is 4.40. The van der Waals surface area contributed by atoms with Crippen molar-refractivity contribution < 1.29 is 8.42 Å². The summed E-state index contributed by atoms with van der Waals surface area (Å²) in [6, 6.07) is 13.2. The van der Waals surface area contributed by atoms with Gasteiger partial charge in [-0.2, -0.15) is 0 Å². The molecule has 2 aromatic rings. The SMILES string of the molecule is CN(C)S(=O)(=O)c1ccc(=O)n(CN2CCC(Cc3ccccc3)CC2)c1. The van der Waals surface area contributed by atoms with Crippen LogP contribution < -0.4 is 5.56 Å². The summed E-state index contributed by atoms with van der Waals surface area (Å²) >= 11 is 0. The molecule has 0 bridgehead atoms. The standard InChI is InChI=1S/C20H27N3O3S/c1-21(2)27(25,26)19-8-9-20(24)23(15-19)16-22-12-10-18(11-13-22)14-17-6-4-3-5-7-17/h3-9,15,18H,10-14,16H2,1-2H3. The molecule has 0 amide bonds. The Morgan fingerprint density at radius 2 is 1.70 bits per heavy atom. The molecule has 1 aliphatic rings. The molecule has 0 unspecified atom stereocenters. The van der Waals surface area contributed by atoms with Crippen LogP contribution in [0.5, 0.6) is 0 Å². The molecule has 1 aromatic carbocycles. The van der Waals surface area contributed by atoms with E-state index in [9.17, 15) is 13.2 Å². The molecular formula is C20H27N3O3S. The molecule has 1 aliphatic heterocycles. The van der Waals surface area contributed by atoms with E-state index in [1.807, 2.05) is 6.07 Å². The molecule has 1 saturated heterocycles. The van der Waals surface area contributed by atoms with Gasteiger partial charge in [0.15, 0.2) is 0 Å². The lowest BCUT2D eigenvalue weighted by molar-refractivity contribution is 0.145. The largest absolute Gasteiger partial charge is 0.301 e. The molecule has 3 rings (SSSR count). The van der Waals surface area contributed by atoms with Crippen LogP contribution in [0.4, 0.5) is 0 Å². The van der Waals surface area contributed by atoms with Crippen molar-refractivity contribution in [2.45, 2.75) is 30.8 Å². The van der Waals surface area contributed by atoms with Crippen LogP contribution in [0.25, 0.3) is 0 Å². The lowest BCUT2D eigenvalue weighted by Gasteiger charge is -2.32. The Kier molecular flexibility index (Phi) is 6.14. The van der Waals surface area contributed by atoms with Gasteiger partial charge in [-0.3, -0.25) is 9.69 Å². The van der Waals surface area contributed by atoms with E-state index in [-0.39, 0.29) is 10.5 Å². The first-order valence-electron chi connectivity index (χ1n) is 9.25. The number of likely N-dealkylation sites (tertiary alicyclic amines) is 1. The maximum absolute atomic E-state index is 12.3. The molecule has 1 fully saturated rings. The number of aromatic nitrogens is 1. The minimum atomic E-state index is -3.55. The Morgan fingerprint density at radius 1 is 1.04 bits per heavy atom. The van der Waals surface area contributed by atoms with Gasteiger partial charge in [-0.1, -0.05) is 30.3 Å². The van der Waals surface area contributed by atoms with Crippen LogP contribution in [0.15, 0.2) is 58.4 Å². The first-order valence-corrected chi connectivity index (χ1v) is 10.7. The summed E-state index contributed by atoms with van der Waals surface area (Å²) in [6.45, 7) is 2.25. The molecule has 0 aliphatic carbocycles. The van der Waals surface area contributed by atoms with Gasteiger partial charge in [0.25, 0.3) is 5.56 Å². The number of piperidine rings is 1. The third-order valence-electron chi connectivity index (χ3n) is 5.16. The maximum Gasteiger partial charge on any atom is 0.251 e. The van der Waals surface area contributed by atoms with Crippen molar-refractivity contribution in [3.05, 3.63) is 64.6 Å². The van der Waals surface area contributed by atoms with Crippen molar-refractivity contribution in [1.29, 1.82) is 0 Å². The quantitative estimate of drug-likeness (QED) is 0.758. The van der Waals surface area contributed by atoms with Crippen LogP contribution in [0.1, 0.15) is 18.4 Å². The molecule has 0 atom stereocenters. The van der Waals surface area contributed by atoms with Gasteiger partial charge < -0.3 is 4.57 Å². The molecule has 0 radical (unpaired) electrons. The molecule has 0 N–H and O–H groups in total. The minimum Gasteiger partial charge on any atom is -0.301 e. The minimum absolute atomic E-state index is 0.145. The van der Waals surface area contributed by atoms with E-state index in [0.29, 0.717) is 12.6 Å². The van der Waals surface area contributed by atoms with E-state index in [0.717, 1.165) is 36.7 Å². The van der Waals surface area contributed by atoms with Gasteiger partial charge in [0.2, 0.25) is 10.0 Å². The summed E-state index contributed by atoms with van der Waals surface area (Å²) in [5.41, 5.74) is 1.19. The Morgan fingerprint density at radius 3 is 2.33 bits per heavy atom. The highest BCUT2D eigenvalue weighted by Crippen LogP contribution is 2.22. The summed E-state index contributed by atoms with van der Waals surface area (Å²) < 4.78 is 27.3. The number of sulfonamides is 1. The Hall–Kier alpha value is -1.96. The van der Waals surface area contributed by atoms with Crippen LogP contribution >= 0.6 is 0 Å². The van der Waals surface area contributed by atoms with Crippen LogP contribution in [0.3, 0.4) is 0 Å². The molecular weight excluding hydrogens is 362 g/mol. The zero-order valence-electron chi connectivity index (χ0n) is 15.9. The molecule has 0 spiro atoms. The topological polar surface area (TPSA) is 62.6 Å². The van der Waals surface area contributed by atoms with Crippen molar-refractivity contribution in [2.75, 3.05) is 27.2 Å². The van der Waals surface area contributed by atoms with Gasteiger partial charge in [0, 0.05) is 39.4 Å². The first kappa shape index (κ1) is 19.8. The lowest BCUT2D eigenvalue weighted by Crippen LogP contribution is -2.38. The number of hydrogen-bond acceptors (Lipinski definition) is 4. The van der Waals surface area contributed by atoms with E-state index >= 15 is 0 Å². The second kappa shape index (κ2) is 8.37. The van der Waals surface area contributed by atoms with Crippen LogP contribution in [-0.4, -0.2) is 49.4 Å². The highest BCUT2D eigenvalue weighted by atomic mass is 32.2. The maximum atomic E-state index is 12.3. The van der Waals surface area contributed by atoms with Crippen molar-refractivity contribution in [3.8, 4) is 0 Å². The molecule has 2 heterocycles. The van der Waals surface area contributed by atoms with Gasteiger partial charge in [-0.05, 0) is 36.8 Å². The monoisotopic (exact) mass is 389 g/mol. The van der Waals surface area contributed by atoms with E-state index < -0.39 is 10.0 Å². The van der Waals surface area contributed by atoms with Gasteiger partial charge in [0.1, 0.15) is 0 Å². The summed E-state index contributed by atoms with van der Waals surface area (Å²) in [6.07, 6.45) is 4.71. The van der Waals surface area contributed by atoms with Gasteiger partial charge in [-0.25, -0.2) is 12.7 Å². The summed E-state index contributed by atoms with van der Waals surface area (Å²) in [5.74, 6) is 0.654. The van der Waals surface area contributed by atoms with Crippen molar-refractivity contribution >= 4 is 10.0 Å². The van der Waals surface area contributed by atoms with E-state index in [4.69, 9.17) is 0 Å². The summed E-state index contributed by atoms with van der Waals surface area (Å²) in [4.78, 5) is 14.5. The van der Waals surface area contributed by atoms with Crippen molar-refractivity contribution in [1.82, 2.24) is 13.8 Å². The zero-order valence-corrected chi connectivity index (χ0v) is 16.7. The number of nitrogens with zero attached hydrogens (tertiary/aromatic N) is 3. The molecule has 146 valence electrons. The Bertz CT molecular complexity index is 915. The first-order chi connectivity index (χ1) is 12.9. The Balaban J connectivity index is 1.63. The average Bonchev–Trinajstić information content (AvgIpc) is 2.65. The normalized spacial score (nSPS) is 16.7. The molecule has 0 saturated carbocycles. The predicted octanol–water partition coefficient (Wildman–Crippen LogP) is 2.01. The molecule has 1 aromatic heterocycles. The smallest absolute Gasteiger partial charge is 0.251 e. The third-order valence-corrected chi connectivity index (χ3v) is 6.96. The average molecular weight is 390 g/mol. The molecule has 6 nitrogen and oxygen atoms in total. The van der Waals surface area contributed by atoms with Gasteiger partial charge in [0.05, 0.1) is 11.6 Å². The fourth-order valence-electron chi connectivity index (χ4n) is 3.48. The summed E-state index contributed by atoms with van der Waals surface area (Å²) in [7, 11) is -0.568. The lowest BCUT2D eigenvalue weighted by atomic mass is 9.90. The second-order valence-electron chi connectivity index (χ2n) is 7.35. The zero-order chi connectivity index (χ0) is 19.4. The number of pyridine rings is 1. The van der Waals surface area contributed by atoms with Crippen LogP contribution in [0, 0.1) is 5.92 Å². The third kappa shape index (κ3) is 4.86. The van der Waals surface area contributed by atoms with E-state index in [2.05, 4.69) is 29.2 Å². The highest BCUT2D eigenvalue weighted by Gasteiger charge is 2.21.